The molecule has 0 bridgehead atoms. The SMILES string of the molecule is C/C(CC(=O)OC(C)C)=N\Nc1ccc(Cl)nn1. The van der Waals surface area contributed by atoms with Crippen LogP contribution in [-0.4, -0.2) is 28.0 Å². The quantitative estimate of drug-likeness (QED) is 0.504. The van der Waals surface area contributed by atoms with Gasteiger partial charge in [-0.25, -0.2) is 0 Å². The van der Waals surface area contributed by atoms with Crippen LogP contribution in [0.25, 0.3) is 0 Å². The van der Waals surface area contributed by atoms with E-state index in [2.05, 4.69) is 20.7 Å². The van der Waals surface area contributed by atoms with Crippen molar-refractivity contribution in [3.63, 3.8) is 0 Å². The molecule has 0 saturated heterocycles. The second-order valence-corrected chi connectivity index (χ2v) is 4.30. The van der Waals surface area contributed by atoms with Crippen molar-refractivity contribution in [1.29, 1.82) is 0 Å². The van der Waals surface area contributed by atoms with E-state index in [4.69, 9.17) is 16.3 Å². The highest BCUT2D eigenvalue weighted by Gasteiger charge is 2.07. The van der Waals surface area contributed by atoms with E-state index >= 15 is 0 Å². The first-order valence-corrected chi connectivity index (χ1v) is 5.83. The summed E-state index contributed by atoms with van der Waals surface area (Å²) in [7, 11) is 0. The molecule has 1 aromatic rings. The number of aromatic nitrogens is 2. The number of anilines is 1. The van der Waals surface area contributed by atoms with E-state index in [1.807, 2.05) is 0 Å². The fourth-order valence-electron chi connectivity index (χ4n) is 1.08. The number of halogens is 1. The second-order valence-electron chi connectivity index (χ2n) is 3.92. The molecular weight excluding hydrogens is 256 g/mol. The molecule has 18 heavy (non-hydrogen) atoms. The highest BCUT2D eigenvalue weighted by Crippen LogP contribution is 2.06. The summed E-state index contributed by atoms with van der Waals surface area (Å²) in [4.78, 5) is 11.3. The molecule has 0 aromatic carbocycles. The van der Waals surface area contributed by atoms with Crippen LogP contribution in [0.1, 0.15) is 27.2 Å². The average molecular weight is 271 g/mol. The van der Waals surface area contributed by atoms with E-state index in [-0.39, 0.29) is 18.5 Å². The van der Waals surface area contributed by atoms with Gasteiger partial charge in [0.15, 0.2) is 11.0 Å². The smallest absolute Gasteiger partial charge is 0.311 e. The van der Waals surface area contributed by atoms with Gasteiger partial charge in [0.2, 0.25) is 0 Å². The molecule has 7 heteroatoms. The highest BCUT2D eigenvalue weighted by atomic mass is 35.5. The van der Waals surface area contributed by atoms with Crippen LogP contribution in [0.15, 0.2) is 17.2 Å². The second kappa shape index (κ2) is 6.90. The van der Waals surface area contributed by atoms with Gasteiger partial charge in [-0.2, -0.15) is 5.10 Å². The summed E-state index contributed by atoms with van der Waals surface area (Å²) in [5, 5.41) is 11.7. The number of nitrogens with zero attached hydrogens (tertiary/aromatic N) is 3. The van der Waals surface area contributed by atoms with Crippen molar-refractivity contribution < 1.29 is 9.53 Å². The Bertz CT molecular complexity index is 431. The van der Waals surface area contributed by atoms with Gasteiger partial charge in [0.25, 0.3) is 0 Å². The largest absolute Gasteiger partial charge is 0.463 e. The van der Waals surface area contributed by atoms with Crippen LogP contribution in [-0.2, 0) is 9.53 Å². The molecule has 0 unspecified atom stereocenters. The van der Waals surface area contributed by atoms with Crippen molar-refractivity contribution in [2.45, 2.75) is 33.3 Å². The van der Waals surface area contributed by atoms with E-state index in [0.29, 0.717) is 16.7 Å². The molecule has 1 heterocycles. The minimum absolute atomic E-state index is 0.125. The summed E-state index contributed by atoms with van der Waals surface area (Å²) in [6, 6.07) is 3.23. The van der Waals surface area contributed by atoms with Crippen LogP contribution >= 0.6 is 11.6 Å². The van der Waals surface area contributed by atoms with Crippen molar-refractivity contribution in [3.8, 4) is 0 Å². The molecule has 98 valence electrons. The van der Waals surface area contributed by atoms with E-state index in [9.17, 15) is 4.79 Å². The molecule has 0 amide bonds. The third kappa shape index (κ3) is 5.58. The Morgan fingerprint density at radius 1 is 1.50 bits per heavy atom. The van der Waals surface area contributed by atoms with Gasteiger partial charge < -0.3 is 4.74 Å². The summed E-state index contributed by atoms with van der Waals surface area (Å²) >= 11 is 5.59. The molecule has 0 spiro atoms. The first-order chi connectivity index (χ1) is 8.47. The third-order valence-electron chi connectivity index (χ3n) is 1.76. The van der Waals surface area contributed by atoms with Crippen LogP contribution in [0.3, 0.4) is 0 Å². The number of carbonyl (C=O) groups excluding carboxylic acids is 1. The normalized spacial score (nSPS) is 11.5. The van der Waals surface area contributed by atoms with Crippen molar-refractivity contribution in [2.24, 2.45) is 5.10 Å². The number of nitrogens with one attached hydrogen (secondary N) is 1. The van der Waals surface area contributed by atoms with E-state index in [0.717, 1.165) is 0 Å². The summed E-state index contributed by atoms with van der Waals surface area (Å²) in [6.07, 6.45) is 0.00651. The Hall–Kier alpha value is -1.69. The Morgan fingerprint density at radius 2 is 2.22 bits per heavy atom. The minimum Gasteiger partial charge on any atom is -0.463 e. The zero-order valence-electron chi connectivity index (χ0n) is 10.5. The number of carbonyl (C=O) groups is 1. The lowest BCUT2D eigenvalue weighted by molar-refractivity contribution is -0.145. The molecule has 0 saturated carbocycles. The van der Waals surface area contributed by atoms with Crippen molar-refractivity contribution in [2.75, 3.05) is 5.43 Å². The lowest BCUT2D eigenvalue weighted by Gasteiger charge is -2.07. The number of hydrazone groups is 1. The standard InChI is InChI=1S/C11H15ClN4O2/c1-7(2)18-11(17)6-8(3)13-15-10-5-4-9(12)14-16-10/h4-5,7H,6H2,1-3H3,(H,15,16)/b13-8+. The van der Waals surface area contributed by atoms with E-state index in [1.165, 1.54) is 0 Å². The van der Waals surface area contributed by atoms with Gasteiger partial charge in [0.1, 0.15) is 0 Å². The van der Waals surface area contributed by atoms with Gasteiger partial charge in [0, 0.05) is 5.71 Å². The van der Waals surface area contributed by atoms with Crippen LogP contribution < -0.4 is 5.43 Å². The van der Waals surface area contributed by atoms with Crippen molar-refractivity contribution >= 4 is 29.1 Å². The average Bonchev–Trinajstić information content (AvgIpc) is 2.27. The third-order valence-corrected chi connectivity index (χ3v) is 1.96. The van der Waals surface area contributed by atoms with Gasteiger partial charge in [-0.3, -0.25) is 10.2 Å². The fraction of sp³-hybridized carbons (Fsp3) is 0.455. The monoisotopic (exact) mass is 270 g/mol. The van der Waals surface area contributed by atoms with Crippen molar-refractivity contribution in [1.82, 2.24) is 10.2 Å². The summed E-state index contributed by atoms with van der Waals surface area (Å²) < 4.78 is 5.00. The molecule has 0 aliphatic heterocycles. The fourth-order valence-corrected chi connectivity index (χ4v) is 1.18. The molecule has 1 N–H and O–H groups in total. The lowest BCUT2D eigenvalue weighted by atomic mass is 10.3. The van der Waals surface area contributed by atoms with Gasteiger partial charge in [0.05, 0.1) is 12.5 Å². The van der Waals surface area contributed by atoms with Gasteiger partial charge in [-0.05, 0) is 32.9 Å². The molecular formula is C11H15ClN4O2. The summed E-state index contributed by atoms with van der Waals surface area (Å²) in [5.74, 6) is 0.145. The maximum absolute atomic E-state index is 11.3. The summed E-state index contributed by atoms with van der Waals surface area (Å²) in [5.41, 5.74) is 3.27. The topological polar surface area (TPSA) is 76.5 Å². The van der Waals surface area contributed by atoms with Crippen LogP contribution in [0.2, 0.25) is 5.15 Å². The maximum atomic E-state index is 11.3. The van der Waals surface area contributed by atoms with Crippen molar-refractivity contribution in [3.05, 3.63) is 17.3 Å². The molecule has 0 fully saturated rings. The molecule has 0 aliphatic carbocycles. The number of hydrogen-bond acceptors (Lipinski definition) is 6. The maximum Gasteiger partial charge on any atom is 0.311 e. The summed E-state index contributed by atoms with van der Waals surface area (Å²) in [6.45, 7) is 5.32. The zero-order valence-corrected chi connectivity index (χ0v) is 11.2. The number of rotatable bonds is 5. The van der Waals surface area contributed by atoms with Gasteiger partial charge in [-0.15, -0.1) is 10.2 Å². The Morgan fingerprint density at radius 3 is 2.78 bits per heavy atom. The van der Waals surface area contributed by atoms with Crippen LogP contribution in [0.5, 0.6) is 0 Å². The predicted octanol–water partition coefficient (Wildman–Crippen LogP) is 2.26. The van der Waals surface area contributed by atoms with Gasteiger partial charge >= 0.3 is 5.97 Å². The Balaban J connectivity index is 2.46. The highest BCUT2D eigenvalue weighted by molar-refractivity contribution is 6.29. The molecule has 0 aliphatic rings. The molecule has 1 aromatic heterocycles. The number of esters is 1. The Kier molecular flexibility index (Phi) is 5.51. The molecule has 1 rings (SSSR count). The number of ether oxygens (including phenoxy) is 1. The first kappa shape index (κ1) is 14.4. The van der Waals surface area contributed by atoms with E-state index in [1.54, 1.807) is 32.9 Å². The van der Waals surface area contributed by atoms with E-state index < -0.39 is 0 Å². The van der Waals surface area contributed by atoms with Crippen LogP contribution in [0, 0.1) is 0 Å². The van der Waals surface area contributed by atoms with Gasteiger partial charge in [-0.1, -0.05) is 11.6 Å². The molecule has 0 atom stereocenters. The van der Waals surface area contributed by atoms with Crippen LogP contribution in [0.4, 0.5) is 5.82 Å². The minimum atomic E-state index is -0.310. The Labute approximate surface area is 110 Å². The zero-order chi connectivity index (χ0) is 13.5. The predicted molar refractivity (Wildman–Crippen MR) is 69.6 cm³/mol. The first-order valence-electron chi connectivity index (χ1n) is 5.45. The molecule has 0 radical (unpaired) electrons. The number of hydrogen-bond donors (Lipinski definition) is 1. The molecule has 6 nitrogen and oxygen atoms in total. The lowest BCUT2D eigenvalue weighted by Crippen LogP contribution is -2.14.